The molecule has 0 saturated carbocycles. The van der Waals surface area contributed by atoms with E-state index < -0.39 is 6.61 Å². The standard InChI is InChI=1S/C17H17F2N3O/c1-11(2)16(22-8-7-20-21-22)14-4-3-13-10-15(23-17(18)19)6-5-12(13)9-14/h3-11,16-17H,1-2H3. The third-order valence-electron chi connectivity index (χ3n) is 3.76. The molecule has 1 heterocycles. The van der Waals surface area contributed by atoms with E-state index in [-0.39, 0.29) is 11.8 Å². The van der Waals surface area contributed by atoms with E-state index in [0.717, 1.165) is 16.3 Å². The fourth-order valence-electron chi connectivity index (χ4n) is 2.81. The Bertz CT molecular complexity index is 788. The maximum atomic E-state index is 12.3. The molecular weight excluding hydrogens is 300 g/mol. The lowest BCUT2D eigenvalue weighted by molar-refractivity contribution is -0.0497. The Labute approximate surface area is 132 Å². The van der Waals surface area contributed by atoms with E-state index in [4.69, 9.17) is 0 Å². The highest BCUT2D eigenvalue weighted by Gasteiger charge is 2.19. The number of fused-ring (bicyclic) bond motifs is 1. The van der Waals surface area contributed by atoms with Gasteiger partial charge in [0.25, 0.3) is 0 Å². The fraction of sp³-hybridized carbons (Fsp3) is 0.294. The van der Waals surface area contributed by atoms with Crippen LogP contribution in [-0.4, -0.2) is 21.6 Å². The molecule has 6 heteroatoms. The van der Waals surface area contributed by atoms with Crippen LogP contribution in [0.15, 0.2) is 48.8 Å². The summed E-state index contributed by atoms with van der Waals surface area (Å²) in [4.78, 5) is 0. The number of alkyl halides is 2. The van der Waals surface area contributed by atoms with Crippen LogP contribution in [0.2, 0.25) is 0 Å². The summed E-state index contributed by atoms with van der Waals surface area (Å²) >= 11 is 0. The Balaban J connectivity index is 1.99. The van der Waals surface area contributed by atoms with Gasteiger partial charge < -0.3 is 4.74 Å². The molecule has 2 aromatic carbocycles. The first-order chi connectivity index (χ1) is 11.0. The minimum absolute atomic E-state index is 0.0684. The highest BCUT2D eigenvalue weighted by molar-refractivity contribution is 5.84. The number of benzene rings is 2. The molecule has 0 bridgehead atoms. The van der Waals surface area contributed by atoms with E-state index in [2.05, 4.69) is 28.9 Å². The number of rotatable bonds is 5. The van der Waals surface area contributed by atoms with Crippen molar-refractivity contribution in [3.63, 3.8) is 0 Å². The third-order valence-corrected chi connectivity index (χ3v) is 3.76. The second-order valence-electron chi connectivity index (χ2n) is 5.72. The minimum Gasteiger partial charge on any atom is -0.435 e. The van der Waals surface area contributed by atoms with Crippen LogP contribution in [0.1, 0.15) is 25.5 Å². The maximum absolute atomic E-state index is 12.3. The lowest BCUT2D eigenvalue weighted by atomic mass is 9.94. The summed E-state index contributed by atoms with van der Waals surface area (Å²) in [6.07, 6.45) is 3.50. The number of nitrogens with zero attached hydrogens (tertiary/aromatic N) is 3. The molecular formula is C17H17F2N3O. The van der Waals surface area contributed by atoms with Gasteiger partial charge in [-0.15, -0.1) is 5.10 Å². The summed E-state index contributed by atoms with van der Waals surface area (Å²) in [5, 5.41) is 9.80. The van der Waals surface area contributed by atoms with E-state index in [1.807, 2.05) is 29.1 Å². The van der Waals surface area contributed by atoms with Gasteiger partial charge >= 0.3 is 6.61 Å². The number of hydrogen-bond acceptors (Lipinski definition) is 3. The van der Waals surface area contributed by atoms with E-state index in [1.54, 1.807) is 24.4 Å². The van der Waals surface area contributed by atoms with Crippen LogP contribution in [0.3, 0.4) is 0 Å². The van der Waals surface area contributed by atoms with Crippen LogP contribution in [0.4, 0.5) is 8.78 Å². The van der Waals surface area contributed by atoms with Gasteiger partial charge in [-0.3, -0.25) is 0 Å². The second kappa shape index (κ2) is 6.32. The molecule has 23 heavy (non-hydrogen) atoms. The van der Waals surface area contributed by atoms with Crippen LogP contribution >= 0.6 is 0 Å². The molecule has 0 saturated heterocycles. The van der Waals surface area contributed by atoms with Gasteiger partial charge in [-0.2, -0.15) is 8.78 Å². The predicted octanol–water partition coefficient (Wildman–Crippen LogP) is 4.28. The highest BCUT2D eigenvalue weighted by Crippen LogP contribution is 2.30. The second-order valence-corrected chi connectivity index (χ2v) is 5.72. The Morgan fingerprint density at radius 2 is 1.78 bits per heavy atom. The summed E-state index contributed by atoms with van der Waals surface area (Å²) in [7, 11) is 0. The van der Waals surface area contributed by atoms with Crippen LogP contribution < -0.4 is 4.74 Å². The fourth-order valence-corrected chi connectivity index (χ4v) is 2.81. The summed E-state index contributed by atoms with van der Waals surface area (Å²) < 4.78 is 30.9. The highest BCUT2D eigenvalue weighted by atomic mass is 19.3. The monoisotopic (exact) mass is 317 g/mol. The Morgan fingerprint density at radius 3 is 2.43 bits per heavy atom. The van der Waals surface area contributed by atoms with Crippen molar-refractivity contribution in [2.45, 2.75) is 26.5 Å². The normalized spacial score (nSPS) is 13.0. The van der Waals surface area contributed by atoms with Gasteiger partial charge in [0, 0.05) is 6.20 Å². The molecule has 0 aliphatic heterocycles. The molecule has 3 aromatic rings. The number of aromatic nitrogens is 3. The SMILES string of the molecule is CC(C)C(c1ccc2cc(OC(F)F)ccc2c1)n1ccnn1. The lowest BCUT2D eigenvalue weighted by Gasteiger charge is -2.21. The first kappa shape index (κ1) is 15.4. The summed E-state index contributed by atoms with van der Waals surface area (Å²) in [6.45, 7) is 1.43. The van der Waals surface area contributed by atoms with Crippen molar-refractivity contribution in [3.05, 3.63) is 54.4 Å². The molecule has 0 aliphatic rings. The zero-order valence-electron chi connectivity index (χ0n) is 12.9. The molecule has 4 nitrogen and oxygen atoms in total. The molecule has 120 valence electrons. The molecule has 0 N–H and O–H groups in total. The maximum Gasteiger partial charge on any atom is 0.387 e. The molecule has 0 fully saturated rings. The van der Waals surface area contributed by atoms with Crippen molar-refractivity contribution >= 4 is 10.8 Å². The largest absolute Gasteiger partial charge is 0.435 e. The van der Waals surface area contributed by atoms with Crippen LogP contribution in [0, 0.1) is 5.92 Å². The van der Waals surface area contributed by atoms with Gasteiger partial charge in [0.05, 0.1) is 12.2 Å². The Morgan fingerprint density at radius 1 is 1.04 bits per heavy atom. The molecule has 1 unspecified atom stereocenters. The molecule has 0 spiro atoms. The topological polar surface area (TPSA) is 39.9 Å². The van der Waals surface area contributed by atoms with Crippen LogP contribution in [0.5, 0.6) is 5.75 Å². The van der Waals surface area contributed by atoms with Gasteiger partial charge in [-0.1, -0.05) is 37.3 Å². The van der Waals surface area contributed by atoms with E-state index >= 15 is 0 Å². The molecule has 0 radical (unpaired) electrons. The predicted molar refractivity (Wildman–Crippen MR) is 83.6 cm³/mol. The smallest absolute Gasteiger partial charge is 0.387 e. The van der Waals surface area contributed by atoms with Gasteiger partial charge in [0.1, 0.15) is 5.75 Å². The Kier molecular flexibility index (Phi) is 4.23. The quantitative estimate of drug-likeness (QED) is 0.705. The van der Waals surface area contributed by atoms with Crippen LogP contribution in [0.25, 0.3) is 10.8 Å². The summed E-state index contributed by atoms with van der Waals surface area (Å²) in [5.74, 6) is 0.493. The van der Waals surface area contributed by atoms with Crippen molar-refractivity contribution in [2.24, 2.45) is 5.92 Å². The van der Waals surface area contributed by atoms with Crippen molar-refractivity contribution in [3.8, 4) is 5.75 Å². The molecule has 0 aliphatic carbocycles. The van der Waals surface area contributed by atoms with Gasteiger partial charge in [0.15, 0.2) is 0 Å². The van der Waals surface area contributed by atoms with Crippen LogP contribution in [-0.2, 0) is 0 Å². The number of hydrogen-bond donors (Lipinski definition) is 0. The van der Waals surface area contributed by atoms with Gasteiger partial charge in [0.2, 0.25) is 0 Å². The zero-order chi connectivity index (χ0) is 16.4. The average molecular weight is 317 g/mol. The zero-order valence-corrected chi connectivity index (χ0v) is 12.9. The van der Waals surface area contributed by atoms with E-state index in [9.17, 15) is 8.78 Å². The first-order valence-electron chi connectivity index (χ1n) is 7.39. The summed E-state index contributed by atoms with van der Waals surface area (Å²) in [6, 6.07) is 11.0. The molecule has 1 atom stereocenters. The van der Waals surface area contributed by atoms with Crippen molar-refractivity contribution in [1.82, 2.24) is 15.0 Å². The van der Waals surface area contributed by atoms with Gasteiger partial charge in [-0.25, -0.2) is 4.68 Å². The van der Waals surface area contributed by atoms with E-state index in [1.165, 1.54) is 0 Å². The molecule has 3 rings (SSSR count). The van der Waals surface area contributed by atoms with Crippen molar-refractivity contribution in [1.29, 1.82) is 0 Å². The molecule has 0 amide bonds. The van der Waals surface area contributed by atoms with Crippen molar-refractivity contribution < 1.29 is 13.5 Å². The minimum atomic E-state index is -2.82. The Hall–Kier alpha value is -2.50. The summed E-state index contributed by atoms with van der Waals surface area (Å²) in [5.41, 5.74) is 1.10. The van der Waals surface area contributed by atoms with E-state index in [0.29, 0.717) is 5.92 Å². The van der Waals surface area contributed by atoms with Crippen molar-refractivity contribution in [2.75, 3.05) is 0 Å². The average Bonchev–Trinajstić information content (AvgIpc) is 3.00. The third kappa shape index (κ3) is 3.31. The first-order valence-corrected chi connectivity index (χ1v) is 7.39. The molecule has 1 aromatic heterocycles. The lowest BCUT2D eigenvalue weighted by Crippen LogP contribution is -2.17. The van der Waals surface area contributed by atoms with Gasteiger partial charge in [-0.05, 0) is 40.5 Å². The number of ether oxygens (including phenoxy) is 1. The number of halogens is 2.